The Morgan fingerprint density at radius 3 is 2.58 bits per heavy atom. The third-order valence-corrected chi connectivity index (χ3v) is 4.02. The molecule has 0 radical (unpaired) electrons. The van der Waals surface area contributed by atoms with Gasteiger partial charge in [-0.2, -0.15) is 0 Å². The Bertz CT molecular complexity index is 393. The fourth-order valence-corrected chi connectivity index (χ4v) is 2.65. The van der Waals surface area contributed by atoms with Gasteiger partial charge in [0.05, 0.1) is 4.47 Å². The smallest absolute Gasteiger partial charge is 0.139 e. The van der Waals surface area contributed by atoms with E-state index in [1.807, 2.05) is 13.0 Å². The number of hydrogen-bond donors (Lipinski definition) is 1. The summed E-state index contributed by atoms with van der Waals surface area (Å²) in [7, 11) is 0. The number of unbranched alkanes of at least 4 members (excludes halogenated alkanes) is 4. The van der Waals surface area contributed by atoms with Gasteiger partial charge < -0.3 is 5.32 Å². The predicted octanol–water partition coefficient (Wildman–Crippen LogP) is 6.06. The van der Waals surface area contributed by atoms with Gasteiger partial charge in [-0.1, -0.05) is 39.0 Å². The van der Waals surface area contributed by atoms with E-state index < -0.39 is 0 Å². The van der Waals surface area contributed by atoms with Gasteiger partial charge in [-0.05, 0) is 53.9 Å². The molecule has 0 aromatic heterocycles. The molecule has 0 aliphatic carbocycles. The van der Waals surface area contributed by atoms with Crippen LogP contribution in [0.25, 0.3) is 0 Å². The Kier molecular flexibility index (Phi) is 7.44. The average Bonchev–Trinajstić information content (AvgIpc) is 2.35. The van der Waals surface area contributed by atoms with Crippen molar-refractivity contribution in [3.63, 3.8) is 0 Å². The number of anilines is 1. The molecule has 1 N–H and O–H groups in total. The molecule has 0 fully saturated rings. The van der Waals surface area contributed by atoms with Gasteiger partial charge in [-0.3, -0.25) is 0 Å². The van der Waals surface area contributed by atoms with Crippen molar-refractivity contribution in [2.75, 3.05) is 5.32 Å². The molecule has 0 spiro atoms. The first-order chi connectivity index (χ1) is 9.04. The van der Waals surface area contributed by atoms with Gasteiger partial charge in [0, 0.05) is 11.7 Å². The minimum absolute atomic E-state index is 0.205. The summed E-state index contributed by atoms with van der Waals surface area (Å²) in [5, 5.41) is 3.41. The molecule has 3 heteroatoms. The molecule has 1 rings (SSSR count). The maximum absolute atomic E-state index is 13.5. The minimum atomic E-state index is -0.205. The average molecular weight is 330 g/mol. The molecule has 1 nitrogen and oxygen atoms in total. The van der Waals surface area contributed by atoms with Crippen LogP contribution in [0.1, 0.15) is 57.9 Å². The standard InChI is InChI=1S/C16H25BrFN/c1-4-5-6-7-8-9-13(3)19-16-11-15(18)14(17)10-12(16)2/h10-11,13,19H,4-9H2,1-3H3. The second-order valence-corrected chi connectivity index (χ2v) is 6.18. The van der Waals surface area contributed by atoms with E-state index in [9.17, 15) is 4.39 Å². The van der Waals surface area contributed by atoms with E-state index in [1.54, 1.807) is 6.07 Å². The van der Waals surface area contributed by atoms with Gasteiger partial charge in [0.2, 0.25) is 0 Å². The molecule has 1 aromatic rings. The number of rotatable bonds is 8. The first-order valence-corrected chi connectivity index (χ1v) is 8.06. The highest BCUT2D eigenvalue weighted by atomic mass is 79.9. The summed E-state index contributed by atoms with van der Waals surface area (Å²) in [6.45, 7) is 6.40. The highest BCUT2D eigenvalue weighted by molar-refractivity contribution is 9.10. The summed E-state index contributed by atoms with van der Waals surface area (Å²) < 4.78 is 14.0. The van der Waals surface area contributed by atoms with E-state index in [0.29, 0.717) is 10.5 Å². The van der Waals surface area contributed by atoms with E-state index in [4.69, 9.17) is 0 Å². The normalized spacial score (nSPS) is 12.5. The van der Waals surface area contributed by atoms with Crippen LogP contribution in [0.15, 0.2) is 16.6 Å². The molecular weight excluding hydrogens is 305 g/mol. The topological polar surface area (TPSA) is 12.0 Å². The van der Waals surface area contributed by atoms with Crippen LogP contribution in [-0.4, -0.2) is 6.04 Å². The van der Waals surface area contributed by atoms with Gasteiger partial charge in [-0.15, -0.1) is 0 Å². The van der Waals surface area contributed by atoms with E-state index in [2.05, 4.69) is 35.1 Å². The van der Waals surface area contributed by atoms with Crippen molar-refractivity contribution in [3.8, 4) is 0 Å². The van der Waals surface area contributed by atoms with Gasteiger partial charge in [0.25, 0.3) is 0 Å². The third kappa shape index (κ3) is 5.94. The SMILES string of the molecule is CCCCCCCC(C)Nc1cc(F)c(Br)cc1C. The van der Waals surface area contributed by atoms with E-state index in [-0.39, 0.29) is 5.82 Å². The first-order valence-electron chi connectivity index (χ1n) is 7.26. The molecular formula is C16H25BrFN. The van der Waals surface area contributed by atoms with Crippen molar-refractivity contribution in [2.45, 2.75) is 65.3 Å². The molecule has 1 unspecified atom stereocenters. The molecule has 1 atom stereocenters. The quantitative estimate of drug-likeness (QED) is 0.572. The Morgan fingerprint density at radius 1 is 1.21 bits per heavy atom. The molecule has 0 aliphatic heterocycles. The molecule has 19 heavy (non-hydrogen) atoms. The molecule has 0 heterocycles. The zero-order valence-corrected chi connectivity index (χ0v) is 13.8. The number of halogens is 2. The van der Waals surface area contributed by atoms with Crippen LogP contribution in [0.4, 0.5) is 10.1 Å². The van der Waals surface area contributed by atoms with E-state index in [0.717, 1.165) is 17.7 Å². The maximum Gasteiger partial charge on any atom is 0.139 e. The summed E-state index contributed by atoms with van der Waals surface area (Å²) in [6, 6.07) is 3.79. The molecule has 1 aromatic carbocycles. The lowest BCUT2D eigenvalue weighted by atomic mass is 10.1. The van der Waals surface area contributed by atoms with Gasteiger partial charge in [0.15, 0.2) is 0 Å². The molecule has 0 bridgehead atoms. The van der Waals surface area contributed by atoms with Crippen molar-refractivity contribution < 1.29 is 4.39 Å². The summed E-state index contributed by atoms with van der Waals surface area (Å²) in [4.78, 5) is 0. The Hall–Kier alpha value is -0.570. The van der Waals surface area contributed by atoms with Crippen LogP contribution in [0.5, 0.6) is 0 Å². The minimum Gasteiger partial charge on any atom is -0.382 e. The van der Waals surface area contributed by atoms with Crippen molar-refractivity contribution in [1.82, 2.24) is 0 Å². The second-order valence-electron chi connectivity index (χ2n) is 5.33. The summed E-state index contributed by atoms with van der Waals surface area (Å²) in [5.74, 6) is -0.205. The number of nitrogens with one attached hydrogen (secondary N) is 1. The molecule has 0 saturated carbocycles. The number of hydrogen-bond acceptors (Lipinski definition) is 1. The fraction of sp³-hybridized carbons (Fsp3) is 0.625. The summed E-state index contributed by atoms with van der Waals surface area (Å²) in [6.07, 6.45) is 7.62. The van der Waals surface area contributed by atoms with Crippen LogP contribution >= 0.6 is 15.9 Å². The number of aryl methyl sites for hydroxylation is 1. The fourth-order valence-electron chi connectivity index (χ4n) is 2.19. The summed E-state index contributed by atoms with van der Waals surface area (Å²) >= 11 is 3.21. The lowest BCUT2D eigenvalue weighted by Gasteiger charge is -2.17. The monoisotopic (exact) mass is 329 g/mol. The van der Waals surface area contributed by atoms with Crippen molar-refractivity contribution in [3.05, 3.63) is 28.0 Å². The second kappa shape index (κ2) is 8.57. The van der Waals surface area contributed by atoms with Crippen LogP contribution in [0, 0.1) is 12.7 Å². The Morgan fingerprint density at radius 2 is 1.89 bits per heavy atom. The zero-order valence-electron chi connectivity index (χ0n) is 12.2. The van der Waals surface area contributed by atoms with E-state index in [1.165, 1.54) is 32.1 Å². The van der Waals surface area contributed by atoms with Crippen molar-refractivity contribution in [1.29, 1.82) is 0 Å². The maximum atomic E-state index is 13.5. The van der Waals surface area contributed by atoms with Crippen LogP contribution in [0.3, 0.4) is 0 Å². The third-order valence-electron chi connectivity index (χ3n) is 3.41. The Balaban J connectivity index is 2.40. The van der Waals surface area contributed by atoms with Crippen LogP contribution < -0.4 is 5.32 Å². The Labute approximate surface area is 125 Å². The van der Waals surface area contributed by atoms with Gasteiger partial charge in [0.1, 0.15) is 5.82 Å². The van der Waals surface area contributed by atoms with Crippen LogP contribution in [0.2, 0.25) is 0 Å². The highest BCUT2D eigenvalue weighted by Crippen LogP contribution is 2.25. The predicted molar refractivity (Wildman–Crippen MR) is 85.3 cm³/mol. The van der Waals surface area contributed by atoms with Crippen LogP contribution in [-0.2, 0) is 0 Å². The summed E-state index contributed by atoms with van der Waals surface area (Å²) in [5.41, 5.74) is 1.98. The molecule has 0 aliphatic rings. The van der Waals surface area contributed by atoms with Crippen molar-refractivity contribution >= 4 is 21.6 Å². The molecule has 0 amide bonds. The zero-order chi connectivity index (χ0) is 14.3. The first kappa shape index (κ1) is 16.5. The van der Waals surface area contributed by atoms with Gasteiger partial charge in [-0.25, -0.2) is 4.39 Å². The molecule has 108 valence electrons. The largest absolute Gasteiger partial charge is 0.382 e. The van der Waals surface area contributed by atoms with E-state index >= 15 is 0 Å². The highest BCUT2D eigenvalue weighted by Gasteiger charge is 2.08. The lowest BCUT2D eigenvalue weighted by molar-refractivity contribution is 0.577. The number of benzene rings is 1. The van der Waals surface area contributed by atoms with Gasteiger partial charge >= 0.3 is 0 Å². The molecule has 0 saturated heterocycles. The van der Waals surface area contributed by atoms with Crippen molar-refractivity contribution in [2.24, 2.45) is 0 Å². The lowest BCUT2D eigenvalue weighted by Crippen LogP contribution is -2.15.